The average molecular weight is 351 g/mol. The monoisotopic (exact) mass is 350 g/mol. The molecule has 0 saturated heterocycles. The number of benzene rings is 2. The lowest BCUT2D eigenvalue weighted by Gasteiger charge is -2.14. The van der Waals surface area contributed by atoms with E-state index in [2.05, 4.69) is 0 Å². The molecule has 0 unspecified atom stereocenters. The summed E-state index contributed by atoms with van der Waals surface area (Å²) in [5.74, 6) is -0.373. The number of halogens is 1. The summed E-state index contributed by atoms with van der Waals surface area (Å²) in [6, 6.07) is 7.24. The topological polar surface area (TPSA) is 116 Å². The molecule has 0 radical (unpaired) electrons. The molecule has 0 spiro atoms. The van der Waals surface area contributed by atoms with E-state index in [1.54, 1.807) is 6.92 Å². The van der Waals surface area contributed by atoms with Gasteiger partial charge in [-0.05, 0) is 48.7 Å². The van der Waals surface area contributed by atoms with Crippen molar-refractivity contribution in [3.8, 4) is 11.5 Å². The molecule has 0 amide bonds. The zero-order valence-corrected chi connectivity index (χ0v) is 13.5. The van der Waals surface area contributed by atoms with Crippen LogP contribution in [0.25, 0.3) is 0 Å². The second-order valence-electron chi connectivity index (χ2n) is 5.21. The molecule has 1 atom stereocenters. The number of phenolic OH excluding ortho intramolecular Hbond substituents is 1. The third-order valence-corrected chi connectivity index (χ3v) is 3.73. The minimum absolute atomic E-state index is 0.0485. The van der Waals surface area contributed by atoms with E-state index in [-0.39, 0.29) is 28.6 Å². The Morgan fingerprint density at radius 1 is 1.38 bits per heavy atom. The lowest BCUT2D eigenvalue weighted by molar-refractivity contribution is -0.384. The predicted octanol–water partition coefficient (Wildman–Crippen LogP) is 2.74. The number of non-ortho nitro benzene ring substituents is 1. The number of carbonyl (C=O) groups is 1. The molecule has 0 aliphatic carbocycles. The van der Waals surface area contributed by atoms with Gasteiger partial charge in [-0.25, -0.2) is 4.79 Å². The van der Waals surface area contributed by atoms with Crippen LogP contribution < -0.4 is 10.5 Å². The second kappa shape index (κ2) is 7.29. The summed E-state index contributed by atoms with van der Waals surface area (Å²) in [6.07, 6.45) is 0.0829. The average Bonchev–Trinajstić information content (AvgIpc) is 2.52. The van der Waals surface area contributed by atoms with Crippen LogP contribution in [0.5, 0.6) is 11.5 Å². The van der Waals surface area contributed by atoms with Crippen molar-refractivity contribution in [1.82, 2.24) is 0 Å². The van der Waals surface area contributed by atoms with Gasteiger partial charge in [-0.15, -0.1) is 0 Å². The van der Waals surface area contributed by atoms with Crippen molar-refractivity contribution in [2.24, 2.45) is 5.73 Å². The van der Waals surface area contributed by atoms with E-state index in [0.717, 1.165) is 0 Å². The Morgan fingerprint density at radius 3 is 2.54 bits per heavy atom. The number of aromatic hydroxyl groups is 1. The second-order valence-corrected chi connectivity index (χ2v) is 5.61. The number of rotatable bonds is 5. The maximum absolute atomic E-state index is 12.0. The van der Waals surface area contributed by atoms with Gasteiger partial charge in [0.1, 0.15) is 17.5 Å². The van der Waals surface area contributed by atoms with Crippen LogP contribution >= 0.6 is 11.6 Å². The summed E-state index contributed by atoms with van der Waals surface area (Å²) < 4.78 is 5.12. The van der Waals surface area contributed by atoms with Crippen LogP contribution in [0.2, 0.25) is 5.02 Å². The number of nitro benzene ring substituents is 1. The Balaban J connectivity index is 2.11. The largest absolute Gasteiger partial charge is 0.508 e. The molecule has 0 aliphatic rings. The SMILES string of the molecule is Cc1cc([N+](=O)[O-])cc(Cl)c1C[C@H](N)C(=O)Oc1ccc(O)cc1. The number of nitrogens with two attached hydrogens (primary N) is 1. The molecule has 8 heteroatoms. The fourth-order valence-corrected chi connectivity index (χ4v) is 2.47. The molecule has 2 rings (SSSR count). The molecular formula is C16H15ClN2O5. The van der Waals surface area contributed by atoms with Crippen LogP contribution in [0.15, 0.2) is 36.4 Å². The number of hydrogen-bond acceptors (Lipinski definition) is 6. The van der Waals surface area contributed by atoms with E-state index in [1.807, 2.05) is 0 Å². The number of nitro groups is 1. The number of nitrogens with zero attached hydrogens (tertiary/aromatic N) is 1. The van der Waals surface area contributed by atoms with E-state index in [4.69, 9.17) is 22.1 Å². The molecule has 126 valence electrons. The van der Waals surface area contributed by atoms with E-state index in [9.17, 15) is 20.0 Å². The van der Waals surface area contributed by atoms with Gasteiger partial charge in [0.25, 0.3) is 5.69 Å². The molecule has 2 aromatic carbocycles. The van der Waals surface area contributed by atoms with Crippen LogP contribution in [-0.4, -0.2) is 22.0 Å². The number of carbonyl (C=O) groups excluding carboxylic acids is 1. The van der Waals surface area contributed by atoms with E-state index in [1.165, 1.54) is 36.4 Å². The molecular weight excluding hydrogens is 336 g/mol. The highest BCUT2D eigenvalue weighted by Crippen LogP contribution is 2.27. The number of phenols is 1. The summed E-state index contributed by atoms with van der Waals surface area (Å²) in [6.45, 7) is 1.66. The van der Waals surface area contributed by atoms with E-state index >= 15 is 0 Å². The third kappa shape index (κ3) is 4.21. The lowest BCUT2D eigenvalue weighted by atomic mass is 10.0. The smallest absolute Gasteiger partial charge is 0.328 e. The summed E-state index contributed by atoms with van der Waals surface area (Å²) in [5, 5.41) is 20.2. The molecule has 0 heterocycles. The summed E-state index contributed by atoms with van der Waals surface area (Å²) >= 11 is 6.07. The first-order valence-corrected chi connectivity index (χ1v) is 7.35. The summed E-state index contributed by atoms with van der Waals surface area (Å²) in [4.78, 5) is 22.3. The van der Waals surface area contributed by atoms with Crippen LogP contribution in [0.1, 0.15) is 11.1 Å². The zero-order chi connectivity index (χ0) is 17.9. The molecule has 0 saturated carbocycles. The Bertz CT molecular complexity index is 754. The van der Waals surface area contributed by atoms with Gasteiger partial charge in [-0.2, -0.15) is 0 Å². The van der Waals surface area contributed by atoms with E-state index in [0.29, 0.717) is 11.1 Å². The van der Waals surface area contributed by atoms with Gasteiger partial charge in [0.15, 0.2) is 0 Å². The van der Waals surface area contributed by atoms with Crippen molar-refractivity contribution in [2.75, 3.05) is 0 Å². The van der Waals surface area contributed by atoms with Gasteiger partial charge in [0.2, 0.25) is 0 Å². The molecule has 0 bridgehead atoms. The Morgan fingerprint density at radius 2 is 2.00 bits per heavy atom. The van der Waals surface area contributed by atoms with Gasteiger partial charge in [-0.1, -0.05) is 11.6 Å². The fraction of sp³-hybridized carbons (Fsp3) is 0.188. The van der Waals surface area contributed by atoms with Gasteiger partial charge >= 0.3 is 5.97 Å². The molecule has 7 nitrogen and oxygen atoms in total. The number of hydrogen-bond donors (Lipinski definition) is 2. The molecule has 0 fully saturated rings. The summed E-state index contributed by atoms with van der Waals surface area (Å²) in [5.41, 5.74) is 6.85. The van der Waals surface area contributed by atoms with Crippen molar-refractivity contribution in [2.45, 2.75) is 19.4 Å². The fourth-order valence-electron chi connectivity index (χ4n) is 2.13. The minimum atomic E-state index is -0.989. The van der Waals surface area contributed by atoms with Crippen molar-refractivity contribution in [1.29, 1.82) is 0 Å². The first-order valence-electron chi connectivity index (χ1n) is 6.97. The quantitative estimate of drug-likeness (QED) is 0.370. The normalized spacial score (nSPS) is 11.8. The molecule has 0 aromatic heterocycles. The molecule has 24 heavy (non-hydrogen) atoms. The van der Waals surface area contributed by atoms with Crippen LogP contribution in [0.3, 0.4) is 0 Å². The zero-order valence-electron chi connectivity index (χ0n) is 12.7. The molecule has 3 N–H and O–H groups in total. The van der Waals surface area contributed by atoms with Crippen molar-refractivity contribution < 1.29 is 19.6 Å². The van der Waals surface area contributed by atoms with Crippen molar-refractivity contribution >= 4 is 23.3 Å². The van der Waals surface area contributed by atoms with Gasteiger partial charge in [0, 0.05) is 12.1 Å². The van der Waals surface area contributed by atoms with Gasteiger partial charge in [0.05, 0.1) is 9.95 Å². The van der Waals surface area contributed by atoms with Crippen LogP contribution in [0, 0.1) is 17.0 Å². The highest BCUT2D eigenvalue weighted by Gasteiger charge is 2.21. The highest BCUT2D eigenvalue weighted by molar-refractivity contribution is 6.31. The Hall–Kier alpha value is -2.64. The van der Waals surface area contributed by atoms with Crippen LogP contribution in [0.4, 0.5) is 5.69 Å². The number of esters is 1. The van der Waals surface area contributed by atoms with Crippen LogP contribution in [-0.2, 0) is 11.2 Å². The number of aryl methyl sites for hydroxylation is 1. The first kappa shape index (κ1) is 17.7. The van der Waals surface area contributed by atoms with Gasteiger partial charge < -0.3 is 15.6 Å². The number of ether oxygens (including phenoxy) is 1. The first-order chi connectivity index (χ1) is 11.3. The van der Waals surface area contributed by atoms with Gasteiger partial charge in [-0.3, -0.25) is 10.1 Å². The highest BCUT2D eigenvalue weighted by atomic mass is 35.5. The third-order valence-electron chi connectivity index (χ3n) is 3.40. The predicted molar refractivity (Wildman–Crippen MR) is 88.3 cm³/mol. The standard InChI is InChI=1S/C16H15ClN2O5/c1-9-6-10(19(22)23)7-14(17)13(9)8-15(18)16(21)24-12-4-2-11(20)3-5-12/h2-7,15,20H,8,18H2,1H3/t15-/m0/s1. The Kier molecular flexibility index (Phi) is 5.38. The molecule has 2 aromatic rings. The minimum Gasteiger partial charge on any atom is -0.508 e. The summed E-state index contributed by atoms with van der Waals surface area (Å²) in [7, 11) is 0. The van der Waals surface area contributed by atoms with E-state index < -0.39 is 16.9 Å². The lowest BCUT2D eigenvalue weighted by Crippen LogP contribution is -2.36. The molecule has 0 aliphatic heterocycles. The maximum atomic E-state index is 12.0. The maximum Gasteiger partial charge on any atom is 0.328 e. The van der Waals surface area contributed by atoms with Crippen molar-refractivity contribution in [3.05, 3.63) is 62.7 Å². The Labute approximate surface area is 142 Å². The van der Waals surface area contributed by atoms with Crippen molar-refractivity contribution in [3.63, 3.8) is 0 Å².